The van der Waals surface area contributed by atoms with Crippen molar-refractivity contribution in [3.05, 3.63) is 42.2 Å². The maximum Gasteiger partial charge on any atom is 0.0752 e. The van der Waals surface area contributed by atoms with Crippen molar-refractivity contribution >= 4 is 36.2 Å². The minimum atomic E-state index is 0. The summed E-state index contributed by atoms with van der Waals surface area (Å²) >= 11 is 0. The van der Waals surface area contributed by atoms with Gasteiger partial charge in [-0.3, -0.25) is 4.68 Å². The van der Waals surface area contributed by atoms with Crippen LogP contribution in [-0.4, -0.2) is 16.8 Å². The van der Waals surface area contributed by atoms with E-state index >= 15 is 0 Å². The van der Waals surface area contributed by atoms with E-state index in [9.17, 15) is 0 Å². The van der Waals surface area contributed by atoms with E-state index in [1.165, 1.54) is 5.56 Å². The molecule has 6 heteroatoms. The van der Waals surface area contributed by atoms with E-state index < -0.39 is 0 Å². The molecule has 1 heterocycles. The minimum absolute atomic E-state index is 0. The topological polar surface area (TPSA) is 47.1 Å². The summed E-state index contributed by atoms with van der Waals surface area (Å²) in [6, 6.07) is 7.94. The predicted octanol–water partition coefficient (Wildman–Crippen LogP) is 2.48. The number of nitrogen functional groups attached to an aromatic ring is 1. The standard InChI is InChI=1S/C12H16N4.2ClH/c1-15(12-7-14-16(2)9-12)8-10-4-3-5-11(13)6-10;;/h3-7,9H,8,13H2,1-2H3;2*1H. The van der Waals surface area contributed by atoms with Crippen LogP contribution in [0.4, 0.5) is 11.4 Å². The molecular formula is C12H18Cl2N4. The Hall–Kier alpha value is -1.39. The molecule has 0 fully saturated rings. The largest absolute Gasteiger partial charge is 0.399 e. The second-order valence-electron chi connectivity index (χ2n) is 3.97. The van der Waals surface area contributed by atoms with Crippen LogP contribution >= 0.6 is 24.8 Å². The first-order chi connectivity index (χ1) is 7.65. The highest BCUT2D eigenvalue weighted by Crippen LogP contribution is 2.15. The Kier molecular flexibility index (Phi) is 6.58. The molecule has 2 N–H and O–H groups in total. The molecule has 0 bridgehead atoms. The first kappa shape index (κ1) is 16.6. The van der Waals surface area contributed by atoms with Gasteiger partial charge in [0.25, 0.3) is 0 Å². The lowest BCUT2D eigenvalue weighted by atomic mass is 10.2. The van der Waals surface area contributed by atoms with Crippen molar-refractivity contribution in [1.29, 1.82) is 0 Å². The van der Waals surface area contributed by atoms with Gasteiger partial charge in [0, 0.05) is 32.5 Å². The van der Waals surface area contributed by atoms with Gasteiger partial charge >= 0.3 is 0 Å². The van der Waals surface area contributed by atoms with Gasteiger partial charge in [-0.05, 0) is 17.7 Å². The molecule has 0 spiro atoms. The lowest BCUT2D eigenvalue weighted by Crippen LogP contribution is -2.15. The van der Waals surface area contributed by atoms with Crippen LogP contribution in [-0.2, 0) is 13.6 Å². The molecule has 18 heavy (non-hydrogen) atoms. The Labute approximate surface area is 120 Å². The summed E-state index contributed by atoms with van der Waals surface area (Å²) in [7, 11) is 3.96. The Bertz CT molecular complexity index is 484. The van der Waals surface area contributed by atoms with Gasteiger partial charge in [0.2, 0.25) is 0 Å². The van der Waals surface area contributed by atoms with E-state index in [0.717, 1.165) is 17.9 Å². The summed E-state index contributed by atoms with van der Waals surface area (Å²) in [6.07, 6.45) is 3.85. The highest BCUT2D eigenvalue weighted by Gasteiger charge is 2.04. The third-order valence-corrected chi connectivity index (χ3v) is 2.50. The van der Waals surface area contributed by atoms with Crippen LogP contribution < -0.4 is 10.6 Å². The SMILES string of the molecule is CN(Cc1cccc(N)c1)c1cnn(C)c1.Cl.Cl. The maximum absolute atomic E-state index is 5.74. The molecular weight excluding hydrogens is 271 g/mol. The van der Waals surface area contributed by atoms with Gasteiger partial charge in [0.1, 0.15) is 0 Å². The molecule has 0 aliphatic carbocycles. The molecule has 0 unspecified atom stereocenters. The quantitative estimate of drug-likeness (QED) is 0.883. The zero-order valence-electron chi connectivity index (χ0n) is 10.4. The van der Waals surface area contributed by atoms with Crippen LogP contribution in [0.15, 0.2) is 36.7 Å². The Morgan fingerprint density at radius 3 is 2.61 bits per heavy atom. The van der Waals surface area contributed by atoms with Gasteiger partial charge in [0.15, 0.2) is 0 Å². The monoisotopic (exact) mass is 288 g/mol. The van der Waals surface area contributed by atoms with Crippen molar-refractivity contribution < 1.29 is 0 Å². The van der Waals surface area contributed by atoms with Crippen LogP contribution in [0.3, 0.4) is 0 Å². The van der Waals surface area contributed by atoms with Crippen LogP contribution in [0.1, 0.15) is 5.56 Å². The number of hydrogen-bond acceptors (Lipinski definition) is 3. The van der Waals surface area contributed by atoms with E-state index in [0.29, 0.717) is 0 Å². The number of nitrogens with zero attached hydrogens (tertiary/aromatic N) is 3. The third-order valence-electron chi connectivity index (χ3n) is 2.50. The lowest BCUT2D eigenvalue weighted by molar-refractivity contribution is 0.767. The molecule has 4 nitrogen and oxygen atoms in total. The van der Waals surface area contributed by atoms with Gasteiger partial charge in [-0.15, -0.1) is 24.8 Å². The molecule has 1 aromatic heterocycles. The third kappa shape index (κ3) is 4.13. The highest BCUT2D eigenvalue weighted by atomic mass is 35.5. The van der Waals surface area contributed by atoms with Crippen molar-refractivity contribution in [2.24, 2.45) is 7.05 Å². The number of rotatable bonds is 3. The van der Waals surface area contributed by atoms with E-state index in [-0.39, 0.29) is 24.8 Å². The average molecular weight is 289 g/mol. The van der Waals surface area contributed by atoms with Crippen molar-refractivity contribution in [2.45, 2.75) is 6.54 Å². The van der Waals surface area contributed by atoms with Crippen LogP contribution in [0, 0.1) is 0 Å². The molecule has 0 aliphatic heterocycles. The zero-order chi connectivity index (χ0) is 11.5. The smallest absolute Gasteiger partial charge is 0.0752 e. The van der Waals surface area contributed by atoms with Gasteiger partial charge in [0.05, 0.1) is 11.9 Å². The fourth-order valence-electron chi connectivity index (χ4n) is 1.66. The second kappa shape index (κ2) is 7.13. The Morgan fingerprint density at radius 1 is 1.33 bits per heavy atom. The summed E-state index contributed by atoms with van der Waals surface area (Å²) in [5.74, 6) is 0. The maximum atomic E-state index is 5.74. The van der Waals surface area contributed by atoms with Gasteiger partial charge in [-0.2, -0.15) is 5.10 Å². The zero-order valence-corrected chi connectivity index (χ0v) is 12.0. The molecule has 0 saturated heterocycles. The summed E-state index contributed by atoms with van der Waals surface area (Å²) in [5.41, 5.74) is 8.85. The number of hydrogen-bond donors (Lipinski definition) is 1. The molecule has 0 aliphatic rings. The van der Waals surface area contributed by atoms with E-state index in [1.54, 1.807) is 4.68 Å². The number of halogens is 2. The fourth-order valence-corrected chi connectivity index (χ4v) is 1.66. The molecule has 0 saturated carbocycles. The van der Waals surface area contributed by atoms with E-state index in [2.05, 4.69) is 16.1 Å². The lowest BCUT2D eigenvalue weighted by Gasteiger charge is -2.17. The highest BCUT2D eigenvalue weighted by molar-refractivity contribution is 5.85. The average Bonchev–Trinajstić information content (AvgIpc) is 2.65. The van der Waals surface area contributed by atoms with Gasteiger partial charge in [-0.1, -0.05) is 12.1 Å². The van der Waals surface area contributed by atoms with Crippen LogP contribution in [0.25, 0.3) is 0 Å². The Morgan fingerprint density at radius 2 is 2.06 bits per heavy atom. The summed E-state index contributed by atoms with van der Waals surface area (Å²) < 4.78 is 1.80. The molecule has 100 valence electrons. The number of benzene rings is 1. The molecule has 0 atom stereocenters. The first-order valence-corrected chi connectivity index (χ1v) is 5.19. The molecule has 0 radical (unpaired) electrons. The van der Waals surface area contributed by atoms with E-state index in [1.807, 2.05) is 44.7 Å². The van der Waals surface area contributed by atoms with Gasteiger partial charge < -0.3 is 10.6 Å². The summed E-state index contributed by atoms with van der Waals surface area (Å²) in [4.78, 5) is 2.14. The van der Waals surface area contributed by atoms with Crippen molar-refractivity contribution in [3.63, 3.8) is 0 Å². The second-order valence-corrected chi connectivity index (χ2v) is 3.97. The van der Waals surface area contributed by atoms with Crippen LogP contribution in [0.5, 0.6) is 0 Å². The predicted molar refractivity (Wildman–Crippen MR) is 80.7 cm³/mol. The Balaban J connectivity index is 0.00000144. The van der Waals surface area contributed by atoms with E-state index in [4.69, 9.17) is 5.73 Å². The normalized spacial score (nSPS) is 9.22. The number of aryl methyl sites for hydroxylation is 1. The molecule has 1 aromatic carbocycles. The van der Waals surface area contributed by atoms with Gasteiger partial charge in [-0.25, -0.2) is 0 Å². The molecule has 2 aromatic rings. The number of aromatic nitrogens is 2. The molecule has 0 amide bonds. The summed E-state index contributed by atoms with van der Waals surface area (Å²) in [5, 5.41) is 4.15. The summed E-state index contributed by atoms with van der Waals surface area (Å²) in [6.45, 7) is 0.830. The minimum Gasteiger partial charge on any atom is -0.399 e. The molecule has 2 rings (SSSR count). The van der Waals surface area contributed by atoms with Crippen LogP contribution in [0.2, 0.25) is 0 Å². The first-order valence-electron chi connectivity index (χ1n) is 5.19. The number of nitrogens with two attached hydrogens (primary N) is 1. The van der Waals surface area contributed by atoms with Crippen molar-refractivity contribution in [3.8, 4) is 0 Å². The van der Waals surface area contributed by atoms with Crippen molar-refractivity contribution in [1.82, 2.24) is 9.78 Å². The number of anilines is 2. The fraction of sp³-hybridized carbons (Fsp3) is 0.250. The van der Waals surface area contributed by atoms with Crippen molar-refractivity contribution in [2.75, 3.05) is 17.7 Å².